The Hall–Kier alpha value is -1.88. The molecule has 0 spiro atoms. The molecule has 2 aliphatic rings. The van der Waals surface area contributed by atoms with Crippen LogP contribution < -0.4 is 4.74 Å². The van der Waals surface area contributed by atoms with Crippen LogP contribution in [0.15, 0.2) is 36.4 Å². The number of hydrogen-bond acceptors (Lipinski definition) is 4. The highest BCUT2D eigenvalue weighted by molar-refractivity contribution is 6.31. The molecular formula is C21H21ClO4. The lowest BCUT2D eigenvalue weighted by Crippen LogP contribution is -2.30. The maximum Gasteiger partial charge on any atom is 0.138 e. The monoisotopic (exact) mass is 372 g/mol. The fraction of sp³-hybridized carbons (Fsp3) is 0.381. The maximum atomic E-state index is 11.9. The van der Waals surface area contributed by atoms with E-state index in [0.717, 1.165) is 29.9 Å². The minimum absolute atomic E-state index is 0.121. The van der Waals surface area contributed by atoms with Gasteiger partial charge in [-0.25, -0.2) is 0 Å². The summed E-state index contributed by atoms with van der Waals surface area (Å²) in [7, 11) is 0. The molecule has 2 heterocycles. The summed E-state index contributed by atoms with van der Waals surface area (Å²) in [5.41, 5.74) is 4.36. The Labute approximate surface area is 157 Å². The molecule has 0 radical (unpaired) electrons. The van der Waals surface area contributed by atoms with Crippen LogP contribution in [0.25, 0.3) is 0 Å². The van der Waals surface area contributed by atoms with Gasteiger partial charge in [-0.2, -0.15) is 0 Å². The average Bonchev–Trinajstić information content (AvgIpc) is 3.10. The molecule has 0 unspecified atom stereocenters. The van der Waals surface area contributed by atoms with Crippen molar-refractivity contribution in [2.75, 3.05) is 13.2 Å². The van der Waals surface area contributed by atoms with Crippen molar-refractivity contribution >= 4 is 17.4 Å². The van der Waals surface area contributed by atoms with Gasteiger partial charge in [0.1, 0.15) is 11.5 Å². The Kier molecular flexibility index (Phi) is 4.98. The third kappa shape index (κ3) is 3.63. The van der Waals surface area contributed by atoms with Crippen LogP contribution in [0.5, 0.6) is 5.75 Å². The van der Waals surface area contributed by atoms with Gasteiger partial charge in [0.25, 0.3) is 0 Å². The van der Waals surface area contributed by atoms with Gasteiger partial charge in [0.15, 0.2) is 0 Å². The number of Topliss-reactive ketones (excluding diaryl/α,β-unsaturated/α-hetero) is 1. The summed E-state index contributed by atoms with van der Waals surface area (Å²) in [6.45, 7) is 0.605. The first-order valence-corrected chi connectivity index (χ1v) is 9.31. The Balaban J connectivity index is 1.57. The SMILES string of the molecule is O=C1C[C@@H](CO)O[C@@H](c2ccc(Cl)c(Cc3ccc4c(c3)CCO4)c2)C1. The number of halogens is 1. The van der Waals surface area contributed by atoms with Crippen molar-refractivity contribution in [3.05, 3.63) is 63.7 Å². The third-order valence-electron chi connectivity index (χ3n) is 5.02. The summed E-state index contributed by atoms with van der Waals surface area (Å²) >= 11 is 6.41. The molecule has 26 heavy (non-hydrogen) atoms. The summed E-state index contributed by atoms with van der Waals surface area (Å²) in [6.07, 6.45) is 1.54. The summed E-state index contributed by atoms with van der Waals surface area (Å²) in [5.74, 6) is 1.09. The van der Waals surface area contributed by atoms with Gasteiger partial charge in [-0.15, -0.1) is 0 Å². The number of aliphatic hydroxyl groups excluding tert-OH is 1. The zero-order valence-corrected chi connectivity index (χ0v) is 15.2. The van der Waals surface area contributed by atoms with Crippen molar-refractivity contribution in [2.45, 2.75) is 37.9 Å². The molecule has 1 N–H and O–H groups in total. The predicted octanol–water partition coefficient (Wildman–Crippen LogP) is 3.65. The van der Waals surface area contributed by atoms with E-state index in [4.69, 9.17) is 21.1 Å². The minimum Gasteiger partial charge on any atom is -0.493 e. The van der Waals surface area contributed by atoms with Gasteiger partial charge < -0.3 is 14.6 Å². The topological polar surface area (TPSA) is 55.8 Å². The van der Waals surface area contributed by atoms with Crippen LogP contribution in [-0.2, 0) is 22.4 Å². The maximum absolute atomic E-state index is 11.9. The standard InChI is InChI=1S/C21H21ClO4/c22-19-3-2-14(21-11-17(24)10-18(12-23)26-21)9-16(19)8-13-1-4-20-15(7-13)5-6-25-20/h1-4,7,9,18,21,23H,5-6,8,10-12H2/t18-,21+/m0/s1. The third-order valence-corrected chi connectivity index (χ3v) is 5.39. The highest BCUT2D eigenvalue weighted by Gasteiger charge is 2.28. The number of hydrogen-bond donors (Lipinski definition) is 1. The highest BCUT2D eigenvalue weighted by atomic mass is 35.5. The van der Waals surface area contributed by atoms with Gasteiger partial charge in [0.2, 0.25) is 0 Å². The van der Waals surface area contributed by atoms with Crippen LogP contribution >= 0.6 is 11.6 Å². The average molecular weight is 373 g/mol. The van der Waals surface area contributed by atoms with E-state index in [2.05, 4.69) is 12.1 Å². The van der Waals surface area contributed by atoms with Crippen LogP contribution in [0.1, 0.15) is 41.2 Å². The molecule has 2 aromatic rings. The van der Waals surface area contributed by atoms with E-state index in [1.807, 2.05) is 24.3 Å². The van der Waals surface area contributed by atoms with Crippen LogP contribution in [0.4, 0.5) is 0 Å². The first kappa shape index (κ1) is 17.5. The van der Waals surface area contributed by atoms with E-state index < -0.39 is 6.10 Å². The molecule has 5 heteroatoms. The van der Waals surface area contributed by atoms with Crippen molar-refractivity contribution in [3.63, 3.8) is 0 Å². The largest absolute Gasteiger partial charge is 0.493 e. The molecule has 2 atom stereocenters. The number of benzene rings is 2. The molecule has 4 nitrogen and oxygen atoms in total. The number of fused-ring (bicyclic) bond motifs is 1. The van der Waals surface area contributed by atoms with Crippen molar-refractivity contribution in [2.24, 2.45) is 0 Å². The van der Waals surface area contributed by atoms with E-state index in [1.165, 1.54) is 11.1 Å². The second-order valence-electron chi connectivity index (χ2n) is 6.94. The lowest BCUT2D eigenvalue weighted by molar-refractivity contribution is -0.139. The zero-order valence-electron chi connectivity index (χ0n) is 14.4. The number of rotatable bonds is 4. The molecule has 0 aromatic heterocycles. The first-order chi connectivity index (χ1) is 12.6. The summed E-state index contributed by atoms with van der Waals surface area (Å²) in [4.78, 5) is 11.9. The van der Waals surface area contributed by atoms with Crippen LogP contribution in [-0.4, -0.2) is 30.2 Å². The molecule has 0 saturated carbocycles. The number of aliphatic hydroxyl groups is 1. The van der Waals surface area contributed by atoms with E-state index in [1.54, 1.807) is 0 Å². The lowest BCUT2D eigenvalue weighted by Gasteiger charge is -2.28. The molecule has 136 valence electrons. The fourth-order valence-electron chi connectivity index (χ4n) is 3.68. The van der Waals surface area contributed by atoms with E-state index in [0.29, 0.717) is 17.9 Å². The Bertz CT molecular complexity index is 833. The number of ketones is 1. The molecule has 1 saturated heterocycles. The Morgan fingerprint density at radius 2 is 2.04 bits per heavy atom. The van der Waals surface area contributed by atoms with Crippen LogP contribution in [0.3, 0.4) is 0 Å². The quantitative estimate of drug-likeness (QED) is 0.890. The van der Waals surface area contributed by atoms with E-state index in [-0.39, 0.29) is 24.9 Å². The predicted molar refractivity (Wildman–Crippen MR) is 98.8 cm³/mol. The minimum atomic E-state index is -0.419. The summed E-state index contributed by atoms with van der Waals surface area (Å²) in [6, 6.07) is 12.0. The van der Waals surface area contributed by atoms with Gasteiger partial charge in [-0.05, 0) is 40.8 Å². The molecule has 2 aliphatic heterocycles. The van der Waals surface area contributed by atoms with Crippen molar-refractivity contribution < 1.29 is 19.4 Å². The first-order valence-electron chi connectivity index (χ1n) is 8.93. The number of ether oxygens (including phenoxy) is 2. The Morgan fingerprint density at radius 3 is 2.88 bits per heavy atom. The van der Waals surface area contributed by atoms with Crippen molar-refractivity contribution in [1.29, 1.82) is 0 Å². The lowest BCUT2D eigenvalue weighted by atomic mass is 9.94. The van der Waals surface area contributed by atoms with Gasteiger partial charge in [-0.1, -0.05) is 35.9 Å². The molecule has 0 amide bonds. The molecule has 1 fully saturated rings. The van der Waals surface area contributed by atoms with Gasteiger partial charge in [0.05, 0.1) is 25.4 Å². The molecule has 0 aliphatic carbocycles. The molecule has 4 rings (SSSR count). The number of carbonyl (C=O) groups excluding carboxylic acids is 1. The summed E-state index contributed by atoms with van der Waals surface area (Å²) in [5, 5.41) is 10.0. The van der Waals surface area contributed by atoms with Crippen LogP contribution in [0.2, 0.25) is 5.02 Å². The smallest absolute Gasteiger partial charge is 0.138 e. The highest BCUT2D eigenvalue weighted by Crippen LogP contribution is 2.33. The van der Waals surface area contributed by atoms with Crippen molar-refractivity contribution in [1.82, 2.24) is 0 Å². The van der Waals surface area contributed by atoms with Crippen molar-refractivity contribution in [3.8, 4) is 5.75 Å². The van der Waals surface area contributed by atoms with Gasteiger partial charge >= 0.3 is 0 Å². The Morgan fingerprint density at radius 1 is 1.15 bits per heavy atom. The second kappa shape index (κ2) is 7.39. The molecule has 2 aromatic carbocycles. The molecule has 0 bridgehead atoms. The van der Waals surface area contributed by atoms with E-state index >= 15 is 0 Å². The molecular weight excluding hydrogens is 352 g/mol. The summed E-state index contributed by atoms with van der Waals surface area (Å²) < 4.78 is 11.4. The zero-order chi connectivity index (χ0) is 18.1. The normalized spacial score (nSPS) is 22.2. The van der Waals surface area contributed by atoms with Gasteiger partial charge in [-0.3, -0.25) is 4.79 Å². The number of carbonyl (C=O) groups is 1. The second-order valence-corrected chi connectivity index (χ2v) is 7.35. The van der Waals surface area contributed by atoms with E-state index in [9.17, 15) is 9.90 Å². The van der Waals surface area contributed by atoms with Gasteiger partial charge in [0, 0.05) is 24.3 Å². The fourth-order valence-corrected chi connectivity index (χ4v) is 3.86. The van der Waals surface area contributed by atoms with Crippen LogP contribution in [0, 0.1) is 0 Å².